The lowest BCUT2D eigenvalue weighted by atomic mass is 9.81. The maximum atomic E-state index is 6.15. The summed E-state index contributed by atoms with van der Waals surface area (Å²) in [5.41, 5.74) is 19.9. The summed E-state index contributed by atoms with van der Waals surface area (Å²) in [5, 5.41) is 2.30. The summed E-state index contributed by atoms with van der Waals surface area (Å²) in [6.07, 6.45) is 0. The van der Waals surface area contributed by atoms with E-state index >= 15 is 0 Å². The number of nitrogens with zero attached hydrogens (tertiary/aromatic N) is 1. The van der Waals surface area contributed by atoms with Crippen LogP contribution in [0.2, 0.25) is 0 Å². The van der Waals surface area contributed by atoms with E-state index in [9.17, 15) is 0 Å². The molecule has 0 saturated carbocycles. The van der Waals surface area contributed by atoms with Crippen LogP contribution in [0.5, 0.6) is 0 Å². The smallest absolute Gasteiger partial charge is 0.135 e. The summed E-state index contributed by atoms with van der Waals surface area (Å²) in [6, 6.07) is 76.9. The van der Waals surface area contributed by atoms with Gasteiger partial charge >= 0.3 is 0 Å². The van der Waals surface area contributed by atoms with Gasteiger partial charge in [0.05, 0.1) is 0 Å². The molecular formula is C57H41NO. The van der Waals surface area contributed by atoms with Crippen molar-refractivity contribution in [1.29, 1.82) is 0 Å². The molecule has 1 aliphatic rings. The highest BCUT2D eigenvalue weighted by molar-refractivity contribution is 6.06. The van der Waals surface area contributed by atoms with Gasteiger partial charge in [0.15, 0.2) is 0 Å². The molecule has 0 fully saturated rings. The van der Waals surface area contributed by atoms with Crippen LogP contribution in [0.25, 0.3) is 77.6 Å². The van der Waals surface area contributed by atoms with E-state index in [0.717, 1.165) is 39.0 Å². The molecule has 59 heavy (non-hydrogen) atoms. The fourth-order valence-electron chi connectivity index (χ4n) is 9.12. The van der Waals surface area contributed by atoms with E-state index in [2.05, 4.69) is 219 Å². The molecule has 0 unspecified atom stereocenters. The average Bonchev–Trinajstić information content (AvgIpc) is 3.78. The lowest BCUT2D eigenvalue weighted by Gasteiger charge is -2.28. The Labute approximate surface area is 345 Å². The number of para-hydroxylation sites is 1. The van der Waals surface area contributed by atoms with Gasteiger partial charge in [-0.05, 0) is 127 Å². The molecule has 0 spiro atoms. The van der Waals surface area contributed by atoms with Crippen molar-refractivity contribution in [2.45, 2.75) is 19.3 Å². The fourth-order valence-corrected chi connectivity index (χ4v) is 9.12. The summed E-state index contributed by atoms with van der Waals surface area (Å²) in [7, 11) is 0. The second-order valence-corrected chi connectivity index (χ2v) is 16.2. The van der Waals surface area contributed by atoms with Gasteiger partial charge in [0.2, 0.25) is 0 Å². The van der Waals surface area contributed by atoms with Gasteiger partial charge in [-0.3, -0.25) is 0 Å². The van der Waals surface area contributed by atoms with Gasteiger partial charge in [-0.1, -0.05) is 166 Å². The second-order valence-electron chi connectivity index (χ2n) is 16.2. The van der Waals surface area contributed by atoms with Crippen LogP contribution in [-0.2, 0) is 5.41 Å². The zero-order chi connectivity index (χ0) is 39.5. The molecular weight excluding hydrogens is 715 g/mol. The molecule has 0 amide bonds. The molecule has 0 radical (unpaired) electrons. The van der Waals surface area contributed by atoms with Crippen molar-refractivity contribution in [2.75, 3.05) is 4.90 Å². The largest absolute Gasteiger partial charge is 0.456 e. The van der Waals surface area contributed by atoms with Crippen molar-refractivity contribution in [1.82, 2.24) is 0 Å². The molecule has 0 N–H and O–H groups in total. The first-order valence-corrected chi connectivity index (χ1v) is 20.4. The quantitative estimate of drug-likeness (QED) is 0.161. The van der Waals surface area contributed by atoms with E-state index in [1.54, 1.807) is 0 Å². The third kappa shape index (κ3) is 6.04. The minimum absolute atomic E-state index is 0.207. The first kappa shape index (κ1) is 34.8. The standard InChI is InChI=1S/C57H41NO/c1-57(2)53-36-45(44-26-34-56-52(35-44)51-15-9-10-16-55(51)59-56)25-32-49(53)50-33-31-48(37-54(50)57)58(46-27-21-42(22-28-46)39-13-7-4-8-14-39)47-29-23-43(24-30-47)41-19-17-40(18-20-41)38-11-5-3-6-12-38/h3-37H,1-2H3. The maximum absolute atomic E-state index is 6.15. The molecule has 11 rings (SSSR count). The molecule has 0 aliphatic heterocycles. The molecule has 10 aromatic rings. The van der Waals surface area contributed by atoms with Crippen LogP contribution in [0.4, 0.5) is 17.1 Å². The zero-order valence-electron chi connectivity index (χ0n) is 33.1. The number of anilines is 3. The normalized spacial score (nSPS) is 12.7. The minimum Gasteiger partial charge on any atom is -0.456 e. The Hall–Kier alpha value is -7.42. The second kappa shape index (κ2) is 13.9. The van der Waals surface area contributed by atoms with Gasteiger partial charge in [-0.15, -0.1) is 0 Å². The van der Waals surface area contributed by atoms with E-state index in [4.69, 9.17) is 4.42 Å². The molecule has 9 aromatic carbocycles. The molecule has 0 bridgehead atoms. The molecule has 0 saturated heterocycles. The van der Waals surface area contributed by atoms with Crippen LogP contribution in [0, 0.1) is 0 Å². The number of hydrogen-bond acceptors (Lipinski definition) is 2. The highest BCUT2D eigenvalue weighted by Crippen LogP contribution is 2.52. The zero-order valence-corrected chi connectivity index (χ0v) is 33.1. The van der Waals surface area contributed by atoms with Gasteiger partial charge in [0.25, 0.3) is 0 Å². The minimum atomic E-state index is -0.207. The van der Waals surface area contributed by atoms with Crippen LogP contribution in [0.1, 0.15) is 25.0 Å². The summed E-state index contributed by atoms with van der Waals surface area (Å²) < 4.78 is 6.15. The first-order valence-electron chi connectivity index (χ1n) is 20.4. The molecule has 280 valence electrons. The van der Waals surface area contributed by atoms with Crippen molar-refractivity contribution >= 4 is 39.0 Å². The summed E-state index contributed by atoms with van der Waals surface area (Å²) >= 11 is 0. The van der Waals surface area contributed by atoms with Crippen molar-refractivity contribution < 1.29 is 4.42 Å². The van der Waals surface area contributed by atoms with E-state index in [1.807, 2.05) is 12.1 Å². The molecule has 0 atom stereocenters. The van der Waals surface area contributed by atoms with Crippen molar-refractivity contribution in [3.8, 4) is 55.6 Å². The van der Waals surface area contributed by atoms with Crippen molar-refractivity contribution in [3.63, 3.8) is 0 Å². The third-order valence-electron chi connectivity index (χ3n) is 12.3. The van der Waals surface area contributed by atoms with E-state index in [1.165, 1.54) is 66.8 Å². The number of fused-ring (bicyclic) bond motifs is 6. The Morgan fingerprint density at radius 2 is 0.729 bits per heavy atom. The Morgan fingerprint density at radius 3 is 1.32 bits per heavy atom. The van der Waals surface area contributed by atoms with Gasteiger partial charge in [0.1, 0.15) is 11.2 Å². The number of hydrogen-bond donors (Lipinski definition) is 0. The Balaban J connectivity index is 0.961. The number of furan rings is 1. The van der Waals surface area contributed by atoms with Crippen molar-refractivity contribution in [3.05, 3.63) is 223 Å². The molecule has 1 aromatic heterocycles. The Morgan fingerprint density at radius 1 is 0.322 bits per heavy atom. The monoisotopic (exact) mass is 755 g/mol. The fraction of sp³-hybridized carbons (Fsp3) is 0.0526. The van der Waals surface area contributed by atoms with Crippen LogP contribution >= 0.6 is 0 Å². The van der Waals surface area contributed by atoms with E-state index < -0.39 is 0 Å². The number of benzene rings is 9. The maximum Gasteiger partial charge on any atom is 0.135 e. The Kier molecular flexibility index (Phi) is 8.20. The SMILES string of the molecule is CC1(C)c2cc(-c3ccc4oc5ccccc5c4c3)ccc2-c2ccc(N(c3ccc(-c4ccccc4)cc3)c3ccc(-c4ccc(-c5ccccc5)cc4)cc3)cc21. The predicted molar refractivity (Wildman–Crippen MR) is 248 cm³/mol. The van der Waals surface area contributed by atoms with Crippen LogP contribution < -0.4 is 4.90 Å². The molecule has 2 heteroatoms. The third-order valence-corrected chi connectivity index (χ3v) is 12.3. The summed E-state index contributed by atoms with van der Waals surface area (Å²) in [5.74, 6) is 0. The molecule has 1 aliphatic carbocycles. The molecule has 2 nitrogen and oxygen atoms in total. The average molecular weight is 756 g/mol. The van der Waals surface area contributed by atoms with Gasteiger partial charge in [-0.2, -0.15) is 0 Å². The van der Waals surface area contributed by atoms with Crippen molar-refractivity contribution in [2.24, 2.45) is 0 Å². The number of rotatable bonds is 7. The topological polar surface area (TPSA) is 16.4 Å². The van der Waals surface area contributed by atoms with Gasteiger partial charge in [0, 0.05) is 33.2 Å². The van der Waals surface area contributed by atoms with Crippen LogP contribution in [0.15, 0.2) is 217 Å². The lowest BCUT2D eigenvalue weighted by molar-refractivity contribution is 0.660. The van der Waals surface area contributed by atoms with Crippen LogP contribution in [0.3, 0.4) is 0 Å². The van der Waals surface area contributed by atoms with Gasteiger partial charge in [-0.25, -0.2) is 0 Å². The highest BCUT2D eigenvalue weighted by atomic mass is 16.3. The predicted octanol–water partition coefficient (Wildman–Crippen LogP) is 16.0. The lowest BCUT2D eigenvalue weighted by Crippen LogP contribution is -2.16. The van der Waals surface area contributed by atoms with E-state index in [0.29, 0.717) is 0 Å². The summed E-state index contributed by atoms with van der Waals surface area (Å²) in [4.78, 5) is 2.40. The van der Waals surface area contributed by atoms with Crippen LogP contribution in [-0.4, -0.2) is 0 Å². The first-order chi connectivity index (χ1) is 29.0. The summed E-state index contributed by atoms with van der Waals surface area (Å²) in [6.45, 7) is 4.74. The Bertz CT molecular complexity index is 3140. The van der Waals surface area contributed by atoms with Gasteiger partial charge < -0.3 is 9.32 Å². The highest BCUT2D eigenvalue weighted by Gasteiger charge is 2.36. The molecule has 1 heterocycles. The van der Waals surface area contributed by atoms with E-state index in [-0.39, 0.29) is 5.41 Å².